The minimum Gasteiger partial charge on any atom is -0.332 e. The van der Waals surface area contributed by atoms with Crippen molar-refractivity contribution in [3.05, 3.63) is 24.3 Å². The summed E-state index contributed by atoms with van der Waals surface area (Å²) in [5.74, 6) is -0.131. The third kappa shape index (κ3) is 12.6. The molecule has 8 heteroatoms. The number of hydrogen-bond acceptors (Lipinski definition) is 4. The van der Waals surface area contributed by atoms with Gasteiger partial charge >= 0.3 is 0 Å². The number of carbonyl (C=O) groups is 1. The van der Waals surface area contributed by atoms with E-state index in [0.29, 0.717) is 12.1 Å². The van der Waals surface area contributed by atoms with Crippen LogP contribution in [0, 0.1) is 0 Å². The summed E-state index contributed by atoms with van der Waals surface area (Å²) in [6, 6.07) is 5.44. The van der Waals surface area contributed by atoms with Crippen LogP contribution in [0.5, 0.6) is 0 Å². The molecule has 0 aromatic heterocycles. The molecule has 164 valence electrons. The largest absolute Gasteiger partial charge is 0.332 e. The van der Waals surface area contributed by atoms with Crippen LogP contribution in [0.2, 0.25) is 0 Å². The van der Waals surface area contributed by atoms with Gasteiger partial charge in [-0.15, -0.1) is 0 Å². The maximum absolute atomic E-state index is 11.9. The van der Waals surface area contributed by atoms with Crippen LogP contribution in [0.3, 0.4) is 0 Å². The van der Waals surface area contributed by atoms with Gasteiger partial charge in [0, 0.05) is 12.1 Å². The van der Waals surface area contributed by atoms with Gasteiger partial charge in [0.2, 0.25) is 5.91 Å². The second-order valence-electron chi connectivity index (χ2n) is 7.29. The molecule has 1 aromatic carbocycles. The van der Waals surface area contributed by atoms with E-state index in [2.05, 4.69) is 17.6 Å². The van der Waals surface area contributed by atoms with Gasteiger partial charge in [-0.25, -0.2) is 0 Å². The quantitative estimate of drug-likeness (QED) is 0.201. The second-order valence-corrected chi connectivity index (χ2v) is 9.12. The van der Waals surface area contributed by atoms with Crippen LogP contribution in [-0.2, 0) is 14.9 Å². The Morgan fingerprint density at radius 1 is 0.897 bits per heavy atom. The molecule has 29 heavy (non-hydrogen) atoms. The number of anilines is 1. The fourth-order valence-corrected chi connectivity index (χ4v) is 3.72. The van der Waals surface area contributed by atoms with Crippen LogP contribution in [0.1, 0.15) is 84.0 Å². The lowest BCUT2D eigenvalue weighted by molar-refractivity contribution is -0.119. The summed E-state index contributed by atoms with van der Waals surface area (Å²) < 4.78 is 31.0. The number of carbonyl (C=O) groups excluding carboxylic acids is 1. The van der Waals surface area contributed by atoms with E-state index in [1.807, 2.05) is 0 Å². The number of nitrogens with one attached hydrogen (secondary N) is 2. The summed E-state index contributed by atoms with van der Waals surface area (Å²) in [6.45, 7) is 2.23. The third-order valence-corrected chi connectivity index (χ3v) is 5.74. The Labute approximate surface area is 180 Å². The monoisotopic (exact) mass is 442 g/mol. The van der Waals surface area contributed by atoms with Crippen LogP contribution in [0.25, 0.3) is 0 Å². The lowest BCUT2D eigenvalue weighted by atomic mass is 10.1. The highest BCUT2D eigenvalue weighted by Gasteiger charge is 2.09. The first kappa shape index (κ1) is 25.5. The van der Waals surface area contributed by atoms with Crippen molar-refractivity contribution in [2.45, 2.75) is 88.9 Å². The Morgan fingerprint density at radius 3 is 1.86 bits per heavy atom. The van der Waals surface area contributed by atoms with Crippen LogP contribution in [0.15, 0.2) is 29.2 Å². The fraction of sp³-hybridized carbons (Fsp3) is 0.619. The Bertz CT molecular complexity index is 719. The van der Waals surface area contributed by atoms with E-state index < -0.39 is 10.1 Å². The minimum absolute atomic E-state index is 0.131. The Kier molecular flexibility index (Phi) is 12.7. The summed E-state index contributed by atoms with van der Waals surface area (Å²) in [7, 11) is -4.22. The van der Waals surface area contributed by atoms with E-state index in [9.17, 15) is 13.2 Å². The van der Waals surface area contributed by atoms with Gasteiger partial charge in [0.1, 0.15) is 0 Å². The van der Waals surface area contributed by atoms with E-state index >= 15 is 0 Å². The van der Waals surface area contributed by atoms with Gasteiger partial charge < -0.3 is 10.6 Å². The smallest absolute Gasteiger partial charge is 0.294 e. The van der Waals surface area contributed by atoms with Gasteiger partial charge in [0.05, 0.1) is 4.90 Å². The van der Waals surface area contributed by atoms with Crippen LogP contribution in [0.4, 0.5) is 5.69 Å². The molecule has 1 rings (SSSR count). The molecule has 1 aromatic rings. The molecule has 0 saturated carbocycles. The Balaban J connectivity index is 2.09. The highest BCUT2D eigenvalue weighted by molar-refractivity contribution is 7.85. The van der Waals surface area contributed by atoms with Crippen LogP contribution >= 0.6 is 12.2 Å². The topological polar surface area (TPSA) is 95.5 Å². The molecule has 6 nitrogen and oxygen atoms in total. The molecule has 0 aliphatic rings. The van der Waals surface area contributed by atoms with E-state index in [1.165, 1.54) is 75.6 Å². The molecule has 0 aliphatic carbocycles. The van der Waals surface area contributed by atoms with Crippen LogP contribution < -0.4 is 10.6 Å². The molecule has 0 spiro atoms. The summed E-state index contributed by atoms with van der Waals surface area (Å²) in [5.41, 5.74) is 0.525. The second kappa shape index (κ2) is 14.5. The molecule has 0 aliphatic heterocycles. The molecule has 3 N–H and O–H groups in total. The predicted octanol–water partition coefficient (Wildman–Crippen LogP) is 5.45. The normalized spacial score (nSPS) is 11.2. The molecular weight excluding hydrogens is 408 g/mol. The molecular formula is C21H34N2O4S2. The molecule has 0 heterocycles. The first-order valence-corrected chi connectivity index (χ1v) is 12.4. The molecule has 0 atom stereocenters. The van der Waals surface area contributed by atoms with Crippen molar-refractivity contribution in [2.75, 3.05) is 5.32 Å². The van der Waals surface area contributed by atoms with Gasteiger partial charge in [-0.2, -0.15) is 8.42 Å². The molecule has 0 fully saturated rings. The molecule has 0 saturated heterocycles. The van der Waals surface area contributed by atoms with Gasteiger partial charge in [-0.3, -0.25) is 9.35 Å². The minimum atomic E-state index is -4.22. The standard InChI is InChI=1S/C21H34N2O4S2/c1-2-3-4-5-6-7-8-9-10-11-12-13-20(24)23-21(28)22-18-14-16-19(17-15-18)29(25,26)27/h14-17H,2-13H2,1H3,(H,25,26,27)(H2,22,23,24,28). The highest BCUT2D eigenvalue weighted by Crippen LogP contribution is 2.14. The molecule has 1 amide bonds. The van der Waals surface area contributed by atoms with Gasteiger partial charge in [0.15, 0.2) is 5.11 Å². The first-order chi connectivity index (χ1) is 13.8. The van der Waals surface area contributed by atoms with Gasteiger partial charge in [-0.1, -0.05) is 71.1 Å². The molecule has 0 unspecified atom stereocenters. The zero-order valence-corrected chi connectivity index (χ0v) is 18.9. The number of rotatable bonds is 14. The van der Waals surface area contributed by atoms with Crippen molar-refractivity contribution >= 4 is 39.0 Å². The number of thiocarbonyl (C=S) groups is 1. The van der Waals surface area contributed by atoms with Crippen molar-refractivity contribution in [3.8, 4) is 0 Å². The van der Waals surface area contributed by atoms with E-state index in [-0.39, 0.29) is 15.9 Å². The maximum Gasteiger partial charge on any atom is 0.294 e. The highest BCUT2D eigenvalue weighted by atomic mass is 32.2. The van der Waals surface area contributed by atoms with Crippen molar-refractivity contribution in [2.24, 2.45) is 0 Å². The zero-order chi connectivity index (χ0) is 21.5. The number of hydrogen-bond donors (Lipinski definition) is 3. The number of unbranched alkanes of at least 4 members (excludes halogenated alkanes) is 10. The van der Waals surface area contributed by atoms with E-state index in [1.54, 1.807) is 0 Å². The predicted molar refractivity (Wildman–Crippen MR) is 122 cm³/mol. The maximum atomic E-state index is 11.9. The SMILES string of the molecule is CCCCCCCCCCCCCC(=O)NC(=S)Nc1ccc(S(=O)(=O)O)cc1. The van der Waals surface area contributed by atoms with Crippen molar-refractivity contribution in [1.82, 2.24) is 5.32 Å². The summed E-state index contributed by atoms with van der Waals surface area (Å²) >= 11 is 5.10. The third-order valence-electron chi connectivity index (χ3n) is 4.67. The first-order valence-electron chi connectivity index (χ1n) is 10.5. The number of benzene rings is 1. The number of amides is 1. The average Bonchev–Trinajstić information content (AvgIpc) is 2.65. The lowest BCUT2D eigenvalue weighted by Gasteiger charge is -2.10. The summed E-state index contributed by atoms with van der Waals surface area (Å²) in [6.07, 6.45) is 14.0. The average molecular weight is 443 g/mol. The fourth-order valence-electron chi connectivity index (χ4n) is 3.01. The molecule has 0 radical (unpaired) electrons. The summed E-state index contributed by atoms with van der Waals surface area (Å²) in [5, 5.41) is 5.60. The van der Waals surface area contributed by atoms with E-state index in [0.717, 1.165) is 19.3 Å². The zero-order valence-electron chi connectivity index (χ0n) is 17.3. The van der Waals surface area contributed by atoms with Gasteiger partial charge in [0.25, 0.3) is 10.1 Å². The van der Waals surface area contributed by atoms with Gasteiger partial charge in [-0.05, 0) is 42.9 Å². The Morgan fingerprint density at radius 2 is 1.38 bits per heavy atom. The van der Waals surface area contributed by atoms with Crippen molar-refractivity contribution in [1.29, 1.82) is 0 Å². The van der Waals surface area contributed by atoms with Crippen LogP contribution in [-0.4, -0.2) is 24.0 Å². The van der Waals surface area contributed by atoms with Crippen molar-refractivity contribution < 1.29 is 17.8 Å². The molecule has 0 bridgehead atoms. The van der Waals surface area contributed by atoms with Crippen molar-refractivity contribution in [3.63, 3.8) is 0 Å². The lowest BCUT2D eigenvalue weighted by Crippen LogP contribution is -2.33. The summed E-state index contributed by atoms with van der Waals surface area (Å²) in [4.78, 5) is 11.7. The Hall–Kier alpha value is -1.51. The van der Waals surface area contributed by atoms with E-state index in [4.69, 9.17) is 16.8 Å².